The third-order valence-corrected chi connectivity index (χ3v) is 3.77. The number of carbonyl (C=O) groups is 1. The molecule has 2 rings (SSSR count). The molecule has 2 heterocycles. The summed E-state index contributed by atoms with van der Waals surface area (Å²) in [5.41, 5.74) is 0. The molecule has 1 amide bonds. The van der Waals surface area contributed by atoms with Gasteiger partial charge in [0, 0.05) is 20.0 Å². The van der Waals surface area contributed by atoms with E-state index >= 15 is 0 Å². The van der Waals surface area contributed by atoms with Crippen molar-refractivity contribution in [3.63, 3.8) is 0 Å². The number of hydrogen-bond donors (Lipinski definition) is 1. The molecule has 0 aromatic carbocycles. The SMILES string of the molecule is C[C@H](C(=O)NCCc1ncnn1C)N1CCCCC1. The molecule has 1 aliphatic heterocycles. The standard InChI is InChI=1S/C13H23N5O/c1-11(18-8-4-3-5-9-18)13(19)14-7-6-12-15-10-16-17(12)2/h10-11H,3-9H2,1-2H3,(H,14,19)/t11-/m1/s1. The second kappa shape index (κ2) is 6.65. The zero-order valence-corrected chi connectivity index (χ0v) is 11.8. The number of amides is 1. The first-order chi connectivity index (χ1) is 9.18. The molecule has 19 heavy (non-hydrogen) atoms. The van der Waals surface area contributed by atoms with Crippen molar-refractivity contribution < 1.29 is 4.79 Å². The molecule has 1 saturated heterocycles. The summed E-state index contributed by atoms with van der Waals surface area (Å²) in [7, 11) is 1.86. The third-order valence-electron chi connectivity index (χ3n) is 3.77. The van der Waals surface area contributed by atoms with E-state index in [4.69, 9.17) is 0 Å². The number of likely N-dealkylation sites (tertiary alicyclic amines) is 1. The summed E-state index contributed by atoms with van der Waals surface area (Å²) >= 11 is 0. The fourth-order valence-electron chi connectivity index (χ4n) is 2.46. The van der Waals surface area contributed by atoms with Gasteiger partial charge in [0.1, 0.15) is 12.2 Å². The van der Waals surface area contributed by atoms with Crippen LogP contribution in [0.5, 0.6) is 0 Å². The first-order valence-corrected chi connectivity index (χ1v) is 7.03. The molecule has 0 radical (unpaired) electrons. The van der Waals surface area contributed by atoms with Crippen LogP contribution in [0.4, 0.5) is 0 Å². The molecule has 1 atom stereocenters. The van der Waals surface area contributed by atoms with Gasteiger partial charge in [0.2, 0.25) is 5.91 Å². The van der Waals surface area contributed by atoms with Crippen LogP contribution in [0.15, 0.2) is 6.33 Å². The Labute approximate surface area is 114 Å². The normalized spacial score (nSPS) is 18.2. The van der Waals surface area contributed by atoms with Crippen LogP contribution in [0.2, 0.25) is 0 Å². The maximum Gasteiger partial charge on any atom is 0.237 e. The Morgan fingerprint density at radius 2 is 2.16 bits per heavy atom. The van der Waals surface area contributed by atoms with E-state index in [1.54, 1.807) is 4.68 Å². The zero-order valence-electron chi connectivity index (χ0n) is 11.8. The van der Waals surface area contributed by atoms with Crippen LogP contribution in [-0.4, -0.2) is 51.2 Å². The van der Waals surface area contributed by atoms with Gasteiger partial charge in [-0.3, -0.25) is 14.4 Å². The van der Waals surface area contributed by atoms with Gasteiger partial charge in [-0.2, -0.15) is 5.10 Å². The Balaban J connectivity index is 1.73. The van der Waals surface area contributed by atoms with Crippen molar-refractivity contribution in [1.82, 2.24) is 25.0 Å². The van der Waals surface area contributed by atoms with Gasteiger partial charge >= 0.3 is 0 Å². The molecule has 1 aliphatic rings. The van der Waals surface area contributed by atoms with Gasteiger partial charge in [-0.25, -0.2) is 4.98 Å². The summed E-state index contributed by atoms with van der Waals surface area (Å²) in [6.45, 7) is 4.68. The minimum absolute atomic E-state index is 0.0280. The van der Waals surface area contributed by atoms with Crippen molar-refractivity contribution in [1.29, 1.82) is 0 Å². The fourth-order valence-corrected chi connectivity index (χ4v) is 2.46. The first kappa shape index (κ1) is 14.0. The molecule has 0 spiro atoms. The monoisotopic (exact) mass is 265 g/mol. The lowest BCUT2D eigenvalue weighted by Gasteiger charge is -2.31. The number of rotatable bonds is 5. The number of hydrogen-bond acceptors (Lipinski definition) is 4. The largest absolute Gasteiger partial charge is 0.354 e. The second-order valence-electron chi connectivity index (χ2n) is 5.11. The molecule has 6 heteroatoms. The lowest BCUT2D eigenvalue weighted by atomic mass is 10.1. The van der Waals surface area contributed by atoms with Gasteiger partial charge in [-0.15, -0.1) is 0 Å². The molecule has 1 N–H and O–H groups in total. The van der Waals surface area contributed by atoms with E-state index in [1.165, 1.54) is 25.6 Å². The first-order valence-electron chi connectivity index (χ1n) is 7.03. The van der Waals surface area contributed by atoms with Crippen molar-refractivity contribution in [2.24, 2.45) is 7.05 Å². The number of aromatic nitrogens is 3. The lowest BCUT2D eigenvalue weighted by molar-refractivity contribution is -0.126. The maximum absolute atomic E-state index is 12.1. The molecule has 6 nitrogen and oxygen atoms in total. The average molecular weight is 265 g/mol. The highest BCUT2D eigenvalue weighted by molar-refractivity contribution is 5.81. The Morgan fingerprint density at radius 1 is 1.42 bits per heavy atom. The zero-order chi connectivity index (χ0) is 13.7. The highest BCUT2D eigenvalue weighted by atomic mass is 16.2. The lowest BCUT2D eigenvalue weighted by Crippen LogP contribution is -2.47. The van der Waals surface area contributed by atoms with Crippen LogP contribution in [0, 0.1) is 0 Å². The van der Waals surface area contributed by atoms with E-state index in [0.717, 1.165) is 25.3 Å². The van der Waals surface area contributed by atoms with Crippen molar-refractivity contribution in [3.05, 3.63) is 12.2 Å². The number of nitrogens with zero attached hydrogens (tertiary/aromatic N) is 4. The summed E-state index contributed by atoms with van der Waals surface area (Å²) in [6, 6.07) is -0.0280. The van der Waals surface area contributed by atoms with E-state index in [0.29, 0.717) is 6.54 Å². The van der Waals surface area contributed by atoms with Crippen LogP contribution < -0.4 is 5.32 Å². The van der Waals surface area contributed by atoms with Crippen LogP contribution in [0.25, 0.3) is 0 Å². The second-order valence-corrected chi connectivity index (χ2v) is 5.11. The van der Waals surface area contributed by atoms with Crippen molar-refractivity contribution >= 4 is 5.91 Å². The van der Waals surface area contributed by atoms with E-state index in [-0.39, 0.29) is 11.9 Å². The van der Waals surface area contributed by atoms with E-state index in [9.17, 15) is 4.79 Å². The van der Waals surface area contributed by atoms with Gasteiger partial charge in [-0.05, 0) is 32.9 Å². The minimum Gasteiger partial charge on any atom is -0.354 e. The summed E-state index contributed by atoms with van der Waals surface area (Å²) in [5.74, 6) is 1.01. The van der Waals surface area contributed by atoms with Gasteiger partial charge < -0.3 is 5.32 Å². The summed E-state index contributed by atoms with van der Waals surface area (Å²) in [4.78, 5) is 18.5. The molecule has 0 unspecified atom stereocenters. The fraction of sp³-hybridized carbons (Fsp3) is 0.769. The number of piperidine rings is 1. The molecule has 0 aliphatic carbocycles. The van der Waals surface area contributed by atoms with E-state index in [1.807, 2.05) is 14.0 Å². The molecule has 1 aromatic rings. The third kappa shape index (κ3) is 3.76. The topological polar surface area (TPSA) is 63.1 Å². The quantitative estimate of drug-likeness (QED) is 0.834. The molecular formula is C13H23N5O. The Hall–Kier alpha value is -1.43. The van der Waals surface area contributed by atoms with Gasteiger partial charge in [-0.1, -0.05) is 6.42 Å². The van der Waals surface area contributed by atoms with Crippen molar-refractivity contribution in [3.8, 4) is 0 Å². The molecule has 0 bridgehead atoms. The van der Waals surface area contributed by atoms with E-state index in [2.05, 4.69) is 20.3 Å². The number of carbonyl (C=O) groups excluding carboxylic acids is 1. The number of aryl methyl sites for hydroxylation is 1. The van der Waals surface area contributed by atoms with Gasteiger partial charge in [0.25, 0.3) is 0 Å². The van der Waals surface area contributed by atoms with E-state index < -0.39 is 0 Å². The highest BCUT2D eigenvalue weighted by Gasteiger charge is 2.22. The Kier molecular flexibility index (Phi) is 4.90. The van der Waals surface area contributed by atoms with Crippen LogP contribution >= 0.6 is 0 Å². The average Bonchev–Trinajstić information content (AvgIpc) is 2.84. The number of nitrogens with one attached hydrogen (secondary N) is 1. The molecular weight excluding hydrogens is 242 g/mol. The smallest absolute Gasteiger partial charge is 0.237 e. The van der Waals surface area contributed by atoms with Crippen LogP contribution in [0.3, 0.4) is 0 Å². The van der Waals surface area contributed by atoms with Gasteiger partial charge in [0.15, 0.2) is 0 Å². The summed E-state index contributed by atoms with van der Waals surface area (Å²) < 4.78 is 1.74. The Bertz CT molecular complexity index is 411. The molecule has 0 saturated carbocycles. The van der Waals surface area contributed by atoms with Crippen molar-refractivity contribution in [2.75, 3.05) is 19.6 Å². The predicted molar refractivity (Wildman–Crippen MR) is 72.6 cm³/mol. The summed E-state index contributed by atoms with van der Waals surface area (Å²) in [6.07, 6.45) is 5.95. The molecule has 1 aromatic heterocycles. The van der Waals surface area contributed by atoms with Gasteiger partial charge in [0.05, 0.1) is 6.04 Å². The van der Waals surface area contributed by atoms with Crippen LogP contribution in [-0.2, 0) is 18.3 Å². The van der Waals surface area contributed by atoms with Crippen molar-refractivity contribution in [2.45, 2.75) is 38.6 Å². The molecule has 106 valence electrons. The minimum atomic E-state index is -0.0280. The van der Waals surface area contributed by atoms with Crippen LogP contribution in [0.1, 0.15) is 32.0 Å². The summed E-state index contributed by atoms with van der Waals surface area (Å²) in [5, 5.41) is 6.99. The Morgan fingerprint density at radius 3 is 2.79 bits per heavy atom. The predicted octanol–water partition coefficient (Wildman–Crippen LogP) is 0.348. The molecule has 1 fully saturated rings. The highest BCUT2D eigenvalue weighted by Crippen LogP contribution is 2.11. The maximum atomic E-state index is 12.1.